The summed E-state index contributed by atoms with van der Waals surface area (Å²) in [6, 6.07) is 11.7. The van der Waals surface area contributed by atoms with Crippen LogP contribution in [0.4, 0.5) is 11.6 Å². The minimum absolute atomic E-state index is 0.171. The van der Waals surface area contributed by atoms with Crippen molar-refractivity contribution < 1.29 is 4.74 Å². The van der Waals surface area contributed by atoms with E-state index in [1.165, 1.54) is 0 Å². The Morgan fingerprint density at radius 3 is 2.90 bits per heavy atom. The number of hydrogen-bond acceptors (Lipinski definition) is 6. The highest BCUT2D eigenvalue weighted by molar-refractivity contribution is 6.33. The highest BCUT2D eigenvalue weighted by Crippen LogP contribution is 2.30. The second kappa shape index (κ2) is 7.80. The van der Waals surface area contributed by atoms with Gasteiger partial charge in [0.1, 0.15) is 19.7 Å². The molecule has 1 aliphatic heterocycles. The van der Waals surface area contributed by atoms with Gasteiger partial charge in [0.05, 0.1) is 11.7 Å². The summed E-state index contributed by atoms with van der Waals surface area (Å²) in [5, 5.41) is 11.8. The Morgan fingerprint density at radius 1 is 1.17 bits per heavy atom. The van der Waals surface area contributed by atoms with Crippen molar-refractivity contribution >= 4 is 35.8 Å². The van der Waals surface area contributed by atoms with E-state index in [9.17, 15) is 0 Å². The van der Waals surface area contributed by atoms with Crippen LogP contribution in [0.1, 0.15) is 6.42 Å². The van der Waals surface area contributed by atoms with Gasteiger partial charge in [0.2, 0.25) is 5.95 Å². The van der Waals surface area contributed by atoms with Crippen LogP contribution in [0.5, 0.6) is 5.75 Å². The molecule has 2 N–H and O–H groups in total. The number of benzene rings is 2. The average Bonchev–Trinajstić information content (AvgIpc) is 3.40. The summed E-state index contributed by atoms with van der Waals surface area (Å²) in [5.74, 6) is 1.32. The molecule has 0 saturated carbocycles. The van der Waals surface area contributed by atoms with Crippen molar-refractivity contribution in [2.45, 2.75) is 12.5 Å². The molecule has 148 valence electrons. The number of nitrogens with zero attached hydrogens (tertiary/aromatic N) is 4. The van der Waals surface area contributed by atoms with Crippen molar-refractivity contribution in [3.05, 3.63) is 55.0 Å². The zero-order chi connectivity index (χ0) is 20.5. The first-order valence-corrected chi connectivity index (χ1v) is 9.93. The molecule has 30 heavy (non-hydrogen) atoms. The average molecular weight is 396 g/mol. The number of fused-ring (bicyclic) bond motifs is 1. The molecule has 5 rings (SSSR count). The van der Waals surface area contributed by atoms with Gasteiger partial charge in [0.15, 0.2) is 0 Å². The lowest BCUT2D eigenvalue weighted by Crippen LogP contribution is -2.19. The van der Waals surface area contributed by atoms with E-state index in [4.69, 9.17) is 12.6 Å². The van der Waals surface area contributed by atoms with Crippen LogP contribution in [0, 0.1) is 0 Å². The number of rotatable bonds is 5. The first-order chi connectivity index (χ1) is 14.6. The van der Waals surface area contributed by atoms with E-state index in [0.717, 1.165) is 53.0 Å². The Kier molecular flexibility index (Phi) is 4.84. The minimum Gasteiger partial charge on any atom is -0.489 e. The molecule has 0 spiro atoms. The van der Waals surface area contributed by atoms with Crippen molar-refractivity contribution in [3.8, 4) is 16.9 Å². The summed E-state index contributed by atoms with van der Waals surface area (Å²) in [6.07, 6.45) is 6.77. The summed E-state index contributed by atoms with van der Waals surface area (Å²) in [4.78, 5) is 9.04. The Bertz CT molecular complexity index is 1200. The smallest absolute Gasteiger partial charge is 0.227 e. The molecule has 8 heteroatoms. The van der Waals surface area contributed by atoms with Gasteiger partial charge in [0.25, 0.3) is 0 Å². The Labute approximate surface area is 175 Å². The lowest BCUT2D eigenvalue weighted by molar-refractivity contribution is 0.223. The van der Waals surface area contributed by atoms with Crippen LogP contribution in [0.15, 0.2) is 55.0 Å². The fraction of sp³-hybridized carbons (Fsp3) is 0.227. The standard InChI is InChI=1S/C22H21BN6O/c1-29-13-16(11-26-29)14-7-18(9-20(8-14)30-19-4-5-24-12-19)27-22-25-10-15-6-17(23)2-3-21(15)28-22/h2-3,6-11,13,19,24H,4-5,12H2,1H3,(H,25,27,28). The molecular weight excluding hydrogens is 375 g/mol. The number of hydrogen-bond donors (Lipinski definition) is 2. The molecule has 1 unspecified atom stereocenters. The molecule has 7 nitrogen and oxygen atoms in total. The Balaban J connectivity index is 1.48. The second-order valence-corrected chi connectivity index (χ2v) is 7.52. The number of nitrogens with one attached hydrogen (secondary N) is 2. The largest absolute Gasteiger partial charge is 0.489 e. The van der Waals surface area contributed by atoms with E-state index in [1.807, 2.05) is 55.8 Å². The summed E-state index contributed by atoms with van der Waals surface area (Å²) in [5.41, 5.74) is 4.41. The molecule has 0 amide bonds. The van der Waals surface area contributed by atoms with Crippen molar-refractivity contribution in [1.82, 2.24) is 25.1 Å². The Morgan fingerprint density at radius 2 is 2.10 bits per heavy atom. The SMILES string of the molecule is [B]c1ccc2nc(Nc3cc(OC4CCNC4)cc(-c4cnn(C)c4)c3)ncc2c1. The molecule has 0 aliphatic carbocycles. The number of aromatic nitrogens is 4. The van der Waals surface area contributed by atoms with Gasteiger partial charge in [-0.25, -0.2) is 9.97 Å². The fourth-order valence-electron chi connectivity index (χ4n) is 3.64. The summed E-state index contributed by atoms with van der Waals surface area (Å²) >= 11 is 0. The van der Waals surface area contributed by atoms with E-state index < -0.39 is 0 Å². The summed E-state index contributed by atoms with van der Waals surface area (Å²) in [6.45, 7) is 1.84. The molecule has 2 radical (unpaired) electrons. The quantitative estimate of drug-likeness (QED) is 0.505. The van der Waals surface area contributed by atoms with Gasteiger partial charge in [0, 0.05) is 48.7 Å². The maximum atomic E-state index is 6.22. The lowest BCUT2D eigenvalue weighted by Gasteiger charge is -2.15. The predicted octanol–water partition coefficient (Wildman–Crippen LogP) is 2.31. The van der Waals surface area contributed by atoms with Crippen LogP contribution in [0.2, 0.25) is 0 Å². The van der Waals surface area contributed by atoms with E-state index in [1.54, 1.807) is 10.9 Å². The first-order valence-electron chi connectivity index (χ1n) is 9.93. The molecule has 2 aromatic carbocycles. The molecule has 1 atom stereocenters. The summed E-state index contributed by atoms with van der Waals surface area (Å²) < 4.78 is 8.01. The molecule has 4 aromatic rings. The van der Waals surface area contributed by atoms with Crippen LogP contribution < -0.4 is 20.8 Å². The van der Waals surface area contributed by atoms with Crippen LogP contribution >= 0.6 is 0 Å². The highest BCUT2D eigenvalue weighted by Gasteiger charge is 2.17. The predicted molar refractivity (Wildman–Crippen MR) is 119 cm³/mol. The van der Waals surface area contributed by atoms with Gasteiger partial charge < -0.3 is 15.4 Å². The third kappa shape index (κ3) is 4.00. The van der Waals surface area contributed by atoms with Gasteiger partial charge in [-0.05, 0) is 36.7 Å². The normalized spacial score (nSPS) is 16.1. The van der Waals surface area contributed by atoms with Gasteiger partial charge in [-0.3, -0.25) is 4.68 Å². The Hall–Kier alpha value is -3.39. The summed E-state index contributed by atoms with van der Waals surface area (Å²) in [7, 11) is 7.75. The van der Waals surface area contributed by atoms with Crippen LogP contribution in [-0.4, -0.2) is 46.8 Å². The molecule has 3 heterocycles. The van der Waals surface area contributed by atoms with E-state index in [-0.39, 0.29) is 6.10 Å². The number of anilines is 2. The van der Waals surface area contributed by atoms with Gasteiger partial charge in [-0.15, -0.1) is 0 Å². The number of aryl methyl sites for hydroxylation is 1. The van der Waals surface area contributed by atoms with Crippen molar-refractivity contribution in [2.24, 2.45) is 7.05 Å². The fourth-order valence-corrected chi connectivity index (χ4v) is 3.64. The van der Waals surface area contributed by atoms with E-state index in [0.29, 0.717) is 11.4 Å². The zero-order valence-electron chi connectivity index (χ0n) is 16.7. The molecule has 2 aromatic heterocycles. The monoisotopic (exact) mass is 396 g/mol. The van der Waals surface area contributed by atoms with E-state index >= 15 is 0 Å². The minimum atomic E-state index is 0.171. The topological polar surface area (TPSA) is 76.9 Å². The van der Waals surface area contributed by atoms with Crippen LogP contribution in [0.25, 0.3) is 22.0 Å². The lowest BCUT2D eigenvalue weighted by atomic mass is 9.95. The first kappa shape index (κ1) is 18.6. The second-order valence-electron chi connectivity index (χ2n) is 7.52. The maximum absolute atomic E-state index is 6.22. The van der Waals surface area contributed by atoms with Gasteiger partial charge in [-0.1, -0.05) is 17.6 Å². The van der Waals surface area contributed by atoms with Gasteiger partial charge >= 0.3 is 0 Å². The molecule has 1 fully saturated rings. The zero-order valence-corrected chi connectivity index (χ0v) is 16.7. The van der Waals surface area contributed by atoms with Crippen molar-refractivity contribution in [3.63, 3.8) is 0 Å². The van der Waals surface area contributed by atoms with Gasteiger partial charge in [-0.2, -0.15) is 5.10 Å². The molecule has 1 aliphatic rings. The van der Waals surface area contributed by atoms with Crippen molar-refractivity contribution in [2.75, 3.05) is 18.4 Å². The highest BCUT2D eigenvalue weighted by atomic mass is 16.5. The van der Waals surface area contributed by atoms with Crippen LogP contribution in [-0.2, 0) is 7.05 Å². The van der Waals surface area contributed by atoms with Crippen molar-refractivity contribution in [1.29, 1.82) is 0 Å². The number of ether oxygens (including phenoxy) is 1. The molecule has 0 bridgehead atoms. The maximum Gasteiger partial charge on any atom is 0.227 e. The molecular formula is C22H21BN6O. The molecule has 1 saturated heterocycles. The third-order valence-corrected chi connectivity index (χ3v) is 5.12. The van der Waals surface area contributed by atoms with E-state index in [2.05, 4.69) is 25.7 Å². The van der Waals surface area contributed by atoms with Crippen LogP contribution in [0.3, 0.4) is 0 Å². The third-order valence-electron chi connectivity index (χ3n) is 5.12.